The third-order valence-electron chi connectivity index (χ3n) is 3.62. The van der Waals surface area contributed by atoms with Crippen molar-refractivity contribution >= 4 is 0 Å². The number of hydrogen-bond donors (Lipinski definition) is 0. The van der Waals surface area contributed by atoms with E-state index in [4.69, 9.17) is 0 Å². The molecule has 0 aliphatic heterocycles. The van der Waals surface area contributed by atoms with E-state index in [1.54, 1.807) is 0 Å². The van der Waals surface area contributed by atoms with E-state index in [9.17, 15) is 0 Å². The fraction of sp³-hybridized carbons (Fsp3) is 0.818. The van der Waals surface area contributed by atoms with E-state index in [0.717, 1.165) is 17.8 Å². The van der Waals surface area contributed by atoms with E-state index in [-0.39, 0.29) is 0 Å². The molecule has 0 aromatic rings. The van der Waals surface area contributed by atoms with Crippen molar-refractivity contribution in [2.24, 2.45) is 17.8 Å². The molecule has 0 bridgehead atoms. The molecular weight excluding hydrogens is 132 g/mol. The Labute approximate surface area is 69.7 Å². The molecule has 0 radical (unpaired) electrons. The van der Waals surface area contributed by atoms with Crippen molar-refractivity contribution in [1.82, 2.24) is 0 Å². The van der Waals surface area contributed by atoms with Crippen molar-refractivity contribution in [3.63, 3.8) is 0 Å². The van der Waals surface area contributed by atoms with Crippen molar-refractivity contribution in [2.45, 2.75) is 39.0 Å². The molecule has 2 aliphatic rings. The molecule has 2 atom stereocenters. The first-order valence-electron chi connectivity index (χ1n) is 5.04. The van der Waals surface area contributed by atoms with Crippen LogP contribution in [0.15, 0.2) is 12.2 Å². The normalized spacial score (nSPS) is 33.7. The number of allylic oxidation sites excluding steroid dienone is 2. The molecule has 0 saturated heterocycles. The Morgan fingerprint density at radius 1 is 1.27 bits per heavy atom. The van der Waals surface area contributed by atoms with Crippen LogP contribution in [0.4, 0.5) is 0 Å². The minimum absolute atomic E-state index is 0.931. The SMILES string of the molecule is CC(C1C=CCC1)C1CCC1. The summed E-state index contributed by atoms with van der Waals surface area (Å²) >= 11 is 0. The van der Waals surface area contributed by atoms with Gasteiger partial charge in [-0.05, 0) is 30.6 Å². The maximum Gasteiger partial charge on any atom is -0.0202 e. The Morgan fingerprint density at radius 2 is 2.09 bits per heavy atom. The van der Waals surface area contributed by atoms with Gasteiger partial charge in [-0.2, -0.15) is 0 Å². The lowest BCUT2D eigenvalue weighted by molar-refractivity contribution is 0.179. The zero-order chi connectivity index (χ0) is 7.68. The largest absolute Gasteiger partial charge is 0.0882 e. The second-order valence-corrected chi connectivity index (χ2v) is 4.22. The molecule has 0 spiro atoms. The maximum absolute atomic E-state index is 2.45. The average molecular weight is 150 g/mol. The molecule has 0 heteroatoms. The summed E-state index contributed by atoms with van der Waals surface area (Å²) in [4.78, 5) is 0. The molecule has 62 valence electrons. The molecule has 0 aromatic carbocycles. The highest BCUT2D eigenvalue weighted by Crippen LogP contribution is 2.40. The van der Waals surface area contributed by atoms with Crippen molar-refractivity contribution in [1.29, 1.82) is 0 Å². The Morgan fingerprint density at radius 3 is 2.55 bits per heavy atom. The summed E-state index contributed by atoms with van der Waals surface area (Å²) in [6.07, 6.45) is 12.1. The van der Waals surface area contributed by atoms with Crippen molar-refractivity contribution in [3.8, 4) is 0 Å². The van der Waals surface area contributed by atoms with Gasteiger partial charge >= 0.3 is 0 Å². The van der Waals surface area contributed by atoms with Crippen LogP contribution in [0.2, 0.25) is 0 Å². The predicted molar refractivity (Wildman–Crippen MR) is 48.4 cm³/mol. The molecule has 1 saturated carbocycles. The van der Waals surface area contributed by atoms with Crippen LogP contribution in [0, 0.1) is 17.8 Å². The fourth-order valence-electron chi connectivity index (χ4n) is 2.41. The Bertz CT molecular complexity index is 153. The van der Waals surface area contributed by atoms with E-state index in [0.29, 0.717) is 0 Å². The van der Waals surface area contributed by atoms with Gasteiger partial charge in [0.05, 0.1) is 0 Å². The topological polar surface area (TPSA) is 0 Å². The van der Waals surface area contributed by atoms with Gasteiger partial charge in [-0.1, -0.05) is 38.3 Å². The van der Waals surface area contributed by atoms with Crippen LogP contribution in [-0.2, 0) is 0 Å². The fourth-order valence-corrected chi connectivity index (χ4v) is 2.41. The highest BCUT2D eigenvalue weighted by Gasteiger charge is 2.29. The summed E-state index contributed by atoms with van der Waals surface area (Å²) in [5.41, 5.74) is 0. The zero-order valence-corrected chi connectivity index (χ0v) is 7.42. The Balaban J connectivity index is 1.87. The third kappa shape index (κ3) is 1.36. The first-order chi connectivity index (χ1) is 5.38. The second kappa shape index (κ2) is 3.00. The third-order valence-corrected chi connectivity index (χ3v) is 3.62. The molecule has 0 nitrogen and oxygen atoms in total. The minimum atomic E-state index is 0.931. The van der Waals surface area contributed by atoms with Crippen LogP contribution < -0.4 is 0 Å². The highest BCUT2D eigenvalue weighted by molar-refractivity contribution is 4.99. The maximum atomic E-state index is 2.45. The van der Waals surface area contributed by atoms with E-state index >= 15 is 0 Å². The van der Waals surface area contributed by atoms with Gasteiger partial charge in [0.1, 0.15) is 0 Å². The predicted octanol–water partition coefficient (Wildman–Crippen LogP) is 3.39. The first kappa shape index (κ1) is 7.39. The van der Waals surface area contributed by atoms with Gasteiger partial charge in [0, 0.05) is 0 Å². The van der Waals surface area contributed by atoms with Gasteiger partial charge < -0.3 is 0 Å². The Kier molecular flexibility index (Phi) is 2.02. The Hall–Kier alpha value is -0.260. The van der Waals surface area contributed by atoms with E-state index in [2.05, 4.69) is 19.1 Å². The second-order valence-electron chi connectivity index (χ2n) is 4.22. The van der Waals surface area contributed by atoms with Crippen LogP contribution in [0.5, 0.6) is 0 Å². The first-order valence-corrected chi connectivity index (χ1v) is 5.04. The molecule has 0 amide bonds. The summed E-state index contributed by atoms with van der Waals surface area (Å²) in [5, 5.41) is 0. The van der Waals surface area contributed by atoms with Crippen LogP contribution in [0.3, 0.4) is 0 Å². The molecule has 0 N–H and O–H groups in total. The molecular formula is C11H18. The van der Waals surface area contributed by atoms with Crippen molar-refractivity contribution < 1.29 is 0 Å². The summed E-state index contributed by atoms with van der Waals surface area (Å²) in [6, 6.07) is 0. The quantitative estimate of drug-likeness (QED) is 0.529. The summed E-state index contributed by atoms with van der Waals surface area (Å²) < 4.78 is 0. The average Bonchev–Trinajstić information content (AvgIpc) is 2.32. The van der Waals surface area contributed by atoms with Gasteiger partial charge in [-0.3, -0.25) is 0 Å². The van der Waals surface area contributed by atoms with E-state index < -0.39 is 0 Å². The van der Waals surface area contributed by atoms with Crippen LogP contribution in [0.1, 0.15) is 39.0 Å². The van der Waals surface area contributed by atoms with E-state index in [1.807, 2.05) is 0 Å². The summed E-state index contributed by atoms with van der Waals surface area (Å²) in [5.74, 6) is 2.98. The van der Waals surface area contributed by atoms with Gasteiger partial charge in [-0.25, -0.2) is 0 Å². The van der Waals surface area contributed by atoms with Crippen molar-refractivity contribution in [3.05, 3.63) is 12.2 Å². The molecule has 2 rings (SSSR count). The number of rotatable bonds is 2. The lowest BCUT2D eigenvalue weighted by atomic mass is 9.71. The van der Waals surface area contributed by atoms with Gasteiger partial charge in [0.15, 0.2) is 0 Å². The number of hydrogen-bond acceptors (Lipinski definition) is 0. The molecule has 1 fully saturated rings. The standard InChI is InChI=1S/C11H18/c1-9(11-7-4-8-11)10-5-2-3-6-10/h2,5,9-11H,3-4,6-8H2,1H3. The highest BCUT2D eigenvalue weighted by atomic mass is 14.3. The molecule has 0 aromatic heterocycles. The van der Waals surface area contributed by atoms with Crippen molar-refractivity contribution in [2.75, 3.05) is 0 Å². The monoisotopic (exact) mass is 150 g/mol. The minimum Gasteiger partial charge on any atom is -0.0882 e. The van der Waals surface area contributed by atoms with Gasteiger partial charge in [-0.15, -0.1) is 0 Å². The summed E-state index contributed by atoms with van der Waals surface area (Å²) in [7, 11) is 0. The van der Waals surface area contributed by atoms with Gasteiger partial charge in [0.2, 0.25) is 0 Å². The zero-order valence-electron chi connectivity index (χ0n) is 7.42. The smallest absolute Gasteiger partial charge is 0.0202 e. The molecule has 2 unspecified atom stereocenters. The molecule has 0 heterocycles. The molecule has 11 heavy (non-hydrogen) atoms. The summed E-state index contributed by atoms with van der Waals surface area (Å²) in [6.45, 7) is 2.45. The van der Waals surface area contributed by atoms with Crippen LogP contribution in [-0.4, -0.2) is 0 Å². The van der Waals surface area contributed by atoms with Crippen LogP contribution >= 0.6 is 0 Å². The van der Waals surface area contributed by atoms with Gasteiger partial charge in [0.25, 0.3) is 0 Å². The lowest BCUT2D eigenvalue weighted by Gasteiger charge is -2.34. The lowest BCUT2D eigenvalue weighted by Crippen LogP contribution is -2.24. The van der Waals surface area contributed by atoms with Crippen LogP contribution in [0.25, 0.3) is 0 Å². The molecule has 2 aliphatic carbocycles. The van der Waals surface area contributed by atoms with E-state index in [1.165, 1.54) is 32.1 Å².